The summed E-state index contributed by atoms with van der Waals surface area (Å²) >= 11 is 0. The van der Waals surface area contributed by atoms with Crippen molar-refractivity contribution in [2.45, 2.75) is 19.8 Å². The predicted octanol–water partition coefficient (Wildman–Crippen LogP) is 2.33. The minimum Gasteiger partial charge on any atom is -0.496 e. The van der Waals surface area contributed by atoms with Gasteiger partial charge in [0, 0.05) is 18.8 Å². The molecular formula is C15H20N2O4. The smallest absolute Gasteiger partial charge is 0.321 e. The molecule has 0 radical (unpaired) electrons. The van der Waals surface area contributed by atoms with Gasteiger partial charge in [0.1, 0.15) is 5.75 Å². The highest BCUT2D eigenvalue weighted by atomic mass is 16.5. The zero-order valence-electron chi connectivity index (χ0n) is 12.3. The molecule has 21 heavy (non-hydrogen) atoms. The fourth-order valence-corrected chi connectivity index (χ4v) is 2.49. The van der Waals surface area contributed by atoms with E-state index in [0.717, 1.165) is 11.3 Å². The number of nitrogens with one attached hydrogen (secondary N) is 1. The number of methoxy groups -OCH3 is 1. The number of hydrogen-bond acceptors (Lipinski definition) is 3. The van der Waals surface area contributed by atoms with Gasteiger partial charge in [-0.15, -0.1) is 0 Å². The third-order valence-corrected chi connectivity index (χ3v) is 3.78. The van der Waals surface area contributed by atoms with Crippen LogP contribution in [0.2, 0.25) is 0 Å². The number of amides is 2. The average Bonchev–Trinajstić information content (AvgIpc) is 2.47. The Labute approximate surface area is 123 Å². The summed E-state index contributed by atoms with van der Waals surface area (Å²) in [4.78, 5) is 24.7. The van der Waals surface area contributed by atoms with Crippen LogP contribution in [0.1, 0.15) is 18.4 Å². The van der Waals surface area contributed by atoms with E-state index in [-0.39, 0.29) is 11.9 Å². The molecule has 1 aromatic rings. The van der Waals surface area contributed by atoms with Crippen LogP contribution in [0.15, 0.2) is 18.2 Å². The fourth-order valence-electron chi connectivity index (χ4n) is 2.49. The van der Waals surface area contributed by atoms with E-state index in [2.05, 4.69) is 5.32 Å². The lowest BCUT2D eigenvalue weighted by molar-refractivity contribution is -0.143. The predicted molar refractivity (Wildman–Crippen MR) is 78.7 cm³/mol. The molecule has 0 unspecified atom stereocenters. The minimum atomic E-state index is -0.777. The molecule has 1 aromatic carbocycles. The largest absolute Gasteiger partial charge is 0.496 e. The van der Waals surface area contributed by atoms with Gasteiger partial charge in [0.25, 0.3) is 0 Å². The molecule has 2 N–H and O–H groups in total. The molecule has 0 bridgehead atoms. The molecule has 6 nitrogen and oxygen atoms in total. The van der Waals surface area contributed by atoms with Gasteiger partial charge in [-0.2, -0.15) is 0 Å². The van der Waals surface area contributed by atoms with Gasteiger partial charge >= 0.3 is 12.0 Å². The van der Waals surface area contributed by atoms with Crippen molar-refractivity contribution in [3.05, 3.63) is 23.8 Å². The number of nitrogens with zero attached hydrogens (tertiary/aromatic N) is 1. The number of likely N-dealkylation sites (tertiary alicyclic amines) is 1. The Balaban J connectivity index is 1.93. The molecule has 0 aliphatic carbocycles. The van der Waals surface area contributed by atoms with Crippen molar-refractivity contribution in [2.75, 3.05) is 25.5 Å². The van der Waals surface area contributed by atoms with Crippen LogP contribution >= 0.6 is 0 Å². The lowest BCUT2D eigenvalue weighted by atomic mass is 9.97. The number of aryl methyl sites for hydroxylation is 1. The first-order valence-corrected chi connectivity index (χ1v) is 6.94. The number of aliphatic carboxylic acids is 1. The van der Waals surface area contributed by atoms with Crippen molar-refractivity contribution in [2.24, 2.45) is 5.92 Å². The highest BCUT2D eigenvalue weighted by Gasteiger charge is 2.26. The van der Waals surface area contributed by atoms with Gasteiger partial charge in [0.2, 0.25) is 0 Å². The molecule has 1 aliphatic heterocycles. The van der Waals surface area contributed by atoms with Gasteiger partial charge < -0.3 is 20.1 Å². The maximum atomic E-state index is 12.1. The average molecular weight is 292 g/mol. The summed E-state index contributed by atoms with van der Waals surface area (Å²) in [5, 5.41) is 11.8. The molecule has 0 saturated carbocycles. The van der Waals surface area contributed by atoms with Crippen molar-refractivity contribution < 1.29 is 19.4 Å². The number of piperidine rings is 1. The summed E-state index contributed by atoms with van der Waals surface area (Å²) < 4.78 is 5.18. The fraction of sp³-hybridized carbons (Fsp3) is 0.467. The van der Waals surface area contributed by atoms with Crippen molar-refractivity contribution in [3.8, 4) is 5.75 Å². The van der Waals surface area contributed by atoms with E-state index in [1.807, 2.05) is 19.1 Å². The zero-order valence-corrected chi connectivity index (χ0v) is 12.3. The Kier molecular flexibility index (Phi) is 4.67. The third-order valence-electron chi connectivity index (χ3n) is 3.78. The number of benzene rings is 1. The van der Waals surface area contributed by atoms with Gasteiger partial charge in [0.15, 0.2) is 0 Å². The van der Waals surface area contributed by atoms with Crippen molar-refractivity contribution >= 4 is 17.7 Å². The molecule has 1 heterocycles. The first kappa shape index (κ1) is 15.2. The third kappa shape index (κ3) is 3.65. The number of rotatable bonds is 3. The number of ether oxygens (including phenoxy) is 1. The second-order valence-electron chi connectivity index (χ2n) is 5.21. The van der Waals surface area contributed by atoms with Crippen molar-refractivity contribution in [1.82, 2.24) is 4.90 Å². The number of anilines is 1. The van der Waals surface area contributed by atoms with Crippen LogP contribution < -0.4 is 10.1 Å². The molecule has 1 saturated heterocycles. The maximum absolute atomic E-state index is 12.1. The summed E-state index contributed by atoms with van der Waals surface area (Å²) in [7, 11) is 1.60. The standard InChI is InChI=1S/C15H20N2O4/c1-10-9-12(3-4-13(10)21-2)16-15(20)17-7-5-11(6-8-17)14(18)19/h3-4,9,11H,5-8H2,1-2H3,(H,16,20)(H,18,19). The summed E-state index contributed by atoms with van der Waals surface area (Å²) in [6.45, 7) is 2.85. The van der Waals surface area contributed by atoms with Crippen LogP contribution in [0.3, 0.4) is 0 Å². The number of carbonyl (C=O) groups is 2. The molecular weight excluding hydrogens is 272 g/mol. The monoisotopic (exact) mass is 292 g/mol. The van der Waals surface area contributed by atoms with Gasteiger partial charge in [0.05, 0.1) is 13.0 Å². The number of carboxylic acid groups (broad SMARTS) is 1. The highest BCUT2D eigenvalue weighted by Crippen LogP contribution is 2.22. The number of urea groups is 1. The second kappa shape index (κ2) is 6.47. The van der Waals surface area contributed by atoms with Gasteiger partial charge in [-0.25, -0.2) is 4.79 Å². The summed E-state index contributed by atoms with van der Waals surface area (Å²) in [5.74, 6) is -0.339. The van der Waals surface area contributed by atoms with E-state index < -0.39 is 5.97 Å². The number of hydrogen-bond donors (Lipinski definition) is 2. The summed E-state index contributed by atoms with van der Waals surface area (Å²) in [5.41, 5.74) is 1.65. The van der Waals surface area contributed by atoms with Crippen molar-refractivity contribution in [1.29, 1.82) is 0 Å². The molecule has 1 fully saturated rings. The van der Waals surface area contributed by atoms with Crippen LogP contribution in [-0.2, 0) is 4.79 Å². The quantitative estimate of drug-likeness (QED) is 0.896. The highest BCUT2D eigenvalue weighted by molar-refractivity contribution is 5.89. The number of carbonyl (C=O) groups excluding carboxylic acids is 1. The summed E-state index contributed by atoms with van der Waals surface area (Å²) in [6, 6.07) is 5.25. The van der Waals surface area contributed by atoms with Gasteiger partial charge in [-0.3, -0.25) is 4.79 Å². The van der Waals surface area contributed by atoms with Crippen molar-refractivity contribution in [3.63, 3.8) is 0 Å². The van der Waals surface area contributed by atoms with Crippen LogP contribution in [-0.4, -0.2) is 42.2 Å². The Bertz CT molecular complexity index is 536. The molecule has 0 aromatic heterocycles. The lowest BCUT2D eigenvalue weighted by Gasteiger charge is -2.30. The number of carboxylic acids is 1. The van der Waals surface area contributed by atoms with E-state index in [1.54, 1.807) is 18.1 Å². The lowest BCUT2D eigenvalue weighted by Crippen LogP contribution is -2.42. The minimum absolute atomic E-state index is 0.191. The van der Waals surface area contributed by atoms with E-state index >= 15 is 0 Å². The Morgan fingerprint density at radius 2 is 2.00 bits per heavy atom. The SMILES string of the molecule is COc1ccc(NC(=O)N2CCC(C(=O)O)CC2)cc1C. The zero-order chi connectivity index (χ0) is 15.4. The molecule has 6 heteroatoms. The summed E-state index contributed by atoms with van der Waals surface area (Å²) in [6.07, 6.45) is 1.01. The Morgan fingerprint density at radius 1 is 1.33 bits per heavy atom. The first-order valence-electron chi connectivity index (χ1n) is 6.94. The molecule has 0 atom stereocenters. The van der Waals surface area contributed by atoms with E-state index in [4.69, 9.17) is 9.84 Å². The van der Waals surface area contributed by atoms with Gasteiger partial charge in [-0.05, 0) is 43.5 Å². The van der Waals surface area contributed by atoms with Crippen LogP contribution in [0.5, 0.6) is 5.75 Å². The molecule has 2 amide bonds. The van der Waals surface area contributed by atoms with E-state index in [0.29, 0.717) is 31.6 Å². The Morgan fingerprint density at radius 3 is 2.52 bits per heavy atom. The van der Waals surface area contributed by atoms with Crippen LogP contribution in [0.25, 0.3) is 0 Å². The van der Waals surface area contributed by atoms with E-state index in [1.165, 1.54) is 0 Å². The Hall–Kier alpha value is -2.24. The topological polar surface area (TPSA) is 78.9 Å². The van der Waals surface area contributed by atoms with Crippen LogP contribution in [0, 0.1) is 12.8 Å². The van der Waals surface area contributed by atoms with Crippen LogP contribution in [0.4, 0.5) is 10.5 Å². The normalized spacial score (nSPS) is 15.6. The molecule has 1 aliphatic rings. The molecule has 0 spiro atoms. The van der Waals surface area contributed by atoms with Gasteiger partial charge in [-0.1, -0.05) is 0 Å². The second-order valence-corrected chi connectivity index (χ2v) is 5.21. The maximum Gasteiger partial charge on any atom is 0.321 e. The molecule has 2 rings (SSSR count). The van der Waals surface area contributed by atoms with E-state index in [9.17, 15) is 9.59 Å². The molecule has 114 valence electrons. The first-order chi connectivity index (χ1) is 10.0.